The van der Waals surface area contributed by atoms with Crippen LogP contribution in [0.1, 0.15) is 13.8 Å². The largest absolute Gasteiger partial charge is 0.759 e. The second-order valence-corrected chi connectivity index (χ2v) is 8.95. The van der Waals surface area contributed by atoms with E-state index in [1.165, 1.54) is 0 Å². The SMILES string of the molecule is CCN(CC(O)C[NH+]=C(N)N)c1ccccc1.CCN(CC(O)C[NH+]=C(N)N)c1ccccc1.O=S(=O)([O-])[O-]. The van der Waals surface area contributed by atoms with Crippen LogP contribution < -0.4 is 42.7 Å². The van der Waals surface area contributed by atoms with E-state index in [9.17, 15) is 10.2 Å². The Balaban J connectivity index is 0.000000632. The van der Waals surface area contributed by atoms with E-state index in [1.54, 1.807) is 0 Å². The second-order valence-electron chi connectivity index (χ2n) is 8.14. The lowest BCUT2D eigenvalue weighted by Gasteiger charge is -2.25. The normalized spacial score (nSPS) is 11.8. The van der Waals surface area contributed by atoms with Gasteiger partial charge in [0.1, 0.15) is 12.2 Å². The molecule has 0 aliphatic rings. The van der Waals surface area contributed by atoms with Crippen LogP contribution in [-0.2, 0) is 10.4 Å². The van der Waals surface area contributed by atoms with Gasteiger partial charge in [-0.25, -0.2) is 0 Å². The van der Waals surface area contributed by atoms with Crippen LogP contribution in [0.4, 0.5) is 11.4 Å². The maximum Gasteiger partial charge on any atom is 0.338 e. The van der Waals surface area contributed by atoms with E-state index in [0.717, 1.165) is 24.5 Å². The maximum atomic E-state index is 9.83. The summed E-state index contributed by atoms with van der Waals surface area (Å²) in [5.41, 5.74) is 23.3. The topological polar surface area (TPSA) is 259 Å². The highest BCUT2D eigenvalue weighted by Crippen LogP contribution is 2.13. The lowest BCUT2D eigenvalue weighted by molar-refractivity contribution is -0.470. The molecule has 0 heterocycles. The molecule has 39 heavy (non-hydrogen) atoms. The highest BCUT2D eigenvalue weighted by atomic mass is 32.3. The summed E-state index contributed by atoms with van der Waals surface area (Å²) in [6.07, 6.45) is -1.03. The Hall–Kier alpha value is -3.63. The summed E-state index contributed by atoms with van der Waals surface area (Å²) in [4.78, 5) is 9.64. The summed E-state index contributed by atoms with van der Waals surface area (Å²) in [5, 5.41) is 19.7. The first kappa shape index (κ1) is 35.4. The Labute approximate surface area is 230 Å². The molecule has 220 valence electrons. The predicted molar refractivity (Wildman–Crippen MR) is 150 cm³/mol. The summed E-state index contributed by atoms with van der Waals surface area (Å²) in [5.74, 6) is 0.263. The minimum Gasteiger partial charge on any atom is -0.759 e. The molecule has 0 aliphatic heterocycles. The van der Waals surface area contributed by atoms with Crippen molar-refractivity contribution in [2.45, 2.75) is 26.1 Å². The van der Waals surface area contributed by atoms with Gasteiger partial charge in [0.25, 0.3) is 0 Å². The van der Waals surface area contributed by atoms with Gasteiger partial charge in [-0.2, -0.15) is 0 Å². The summed E-state index contributed by atoms with van der Waals surface area (Å²) in [6.45, 7) is 7.57. The molecule has 15 heteroatoms. The van der Waals surface area contributed by atoms with E-state index in [2.05, 4.69) is 33.6 Å². The zero-order valence-corrected chi connectivity index (χ0v) is 23.1. The summed E-state index contributed by atoms with van der Waals surface area (Å²) in [6, 6.07) is 19.9. The van der Waals surface area contributed by atoms with Crippen molar-refractivity contribution in [1.82, 2.24) is 0 Å². The number of likely N-dealkylation sites (N-methyl/N-ethyl adjacent to an activating group) is 2. The fraction of sp³-hybridized carbons (Fsp3) is 0.417. The van der Waals surface area contributed by atoms with Crippen LogP contribution in [0.3, 0.4) is 0 Å². The van der Waals surface area contributed by atoms with Crippen molar-refractivity contribution in [3.8, 4) is 0 Å². The van der Waals surface area contributed by atoms with Gasteiger partial charge in [0.15, 0.2) is 0 Å². The van der Waals surface area contributed by atoms with Crippen molar-refractivity contribution < 1.29 is 37.7 Å². The van der Waals surface area contributed by atoms with E-state index < -0.39 is 22.6 Å². The number of nitrogens with zero attached hydrogens (tertiary/aromatic N) is 2. The van der Waals surface area contributed by atoms with Crippen molar-refractivity contribution in [3.05, 3.63) is 60.7 Å². The van der Waals surface area contributed by atoms with Crippen molar-refractivity contribution in [2.24, 2.45) is 22.9 Å². The van der Waals surface area contributed by atoms with Crippen LogP contribution in [0.25, 0.3) is 0 Å². The zero-order chi connectivity index (χ0) is 29.8. The van der Waals surface area contributed by atoms with E-state index in [0.29, 0.717) is 26.2 Å². The molecule has 0 radical (unpaired) electrons. The maximum absolute atomic E-state index is 9.83. The van der Waals surface area contributed by atoms with Gasteiger partial charge in [-0.3, -0.25) is 41.3 Å². The number of anilines is 2. The number of nitrogens with one attached hydrogen (secondary N) is 2. The smallest absolute Gasteiger partial charge is 0.338 e. The number of benzene rings is 2. The van der Waals surface area contributed by atoms with Gasteiger partial charge in [0.05, 0.1) is 13.1 Å². The molecule has 2 aromatic carbocycles. The van der Waals surface area contributed by atoms with Gasteiger partial charge in [0, 0.05) is 48.0 Å². The number of nitrogens with two attached hydrogens (primary N) is 4. The molecule has 12 N–H and O–H groups in total. The molecule has 14 nitrogen and oxygen atoms in total. The molecule has 2 unspecified atom stereocenters. The van der Waals surface area contributed by atoms with Gasteiger partial charge in [-0.15, -0.1) is 0 Å². The Kier molecular flexibility index (Phi) is 17.6. The number of rotatable bonds is 12. The molecule has 0 fully saturated rings. The third-order valence-corrected chi connectivity index (χ3v) is 4.95. The lowest BCUT2D eigenvalue weighted by Crippen LogP contribution is -2.80. The van der Waals surface area contributed by atoms with E-state index in [4.69, 9.17) is 40.5 Å². The Morgan fingerprint density at radius 1 is 0.744 bits per heavy atom. The number of aliphatic hydroxyl groups excluding tert-OH is 2. The van der Waals surface area contributed by atoms with Crippen LogP contribution in [0.5, 0.6) is 0 Å². The third kappa shape index (κ3) is 20.1. The number of hydrogen-bond acceptors (Lipinski definition) is 8. The summed E-state index contributed by atoms with van der Waals surface area (Å²) in [7, 11) is -5.17. The van der Waals surface area contributed by atoms with Crippen LogP contribution in [-0.4, -0.2) is 91.1 Å². The first-order valence-electron chi connectivity index (χ1n) is 12.1. The standard InChI is InChI=1S/2C12H20N4O.H2O4S/c2*1-2-16(10-6-4-3-5-7-10)9-11(17)8-15-12(13)14;1-5(2,3)4/h2*3-7,11,17H,2,8-9H2,1H3,(H4,13,14,15);(H2,1,2,3,4). The Morgan fingerprint density at radius 2 is 1.03 bits per heavy atom. The van der Waals surface area contributed by atoms with Gasteiger partial charge >= 0.3 is 11.9 Å². The second kappa shape index (κ2) is 19.4. The molecule has 2 rings (SSSR count). The van der Waals surface area contributed by atoms with Gasteiger partial charge in [-0.05, 0) is 38.1 Å². The molecule has 0 aromatic heterocycles. The van der Waals surface area contributed by atoms with Crippen LogP contribution >= 0.6 is 0 Å². The fourth-order valence-electron chi connectivity index (χ4n) is 3.22. The predicted octanol–water partition coefficient (Wildman–Crippen LogP) is -4.88. The lowest BCUT2D eigenvalue weighted by atomic mass is 10.2. The first-order valence-corrected chi connectivity index (χ1v) is 13.5. The van der Waals surface area contributed by atoms with Gasteiger partial charge < -0.3 is 29.1 Å². The van der Waals surface area contributed by atoms with E-state index in [-0.39, 0.29) is 11.9 Å². The minimum atomic E-state index is -5.17. The minimum absolute atomic E-state index is 0.131. The zero-order valence-electron chi connectivity index (χ0n) is 22.3. The van der Waals surface area contributed by atoms with Crippen molar-refractivity contribution in [3.63, 3.8) is 0 Å². The molecule has 2 aromatic rings. The van der Waals surface area contributed by atoms with Crippen molar-refractivity contribution in [2.75, 3.05) is 49.1 Å². The highest BCUT2D eigenvalue weighted by Gasteiger charge is 2.12. The van der Waals surface area contributed by atoms with Crippen LogP contribution in [0, 0.1) is 0 Å². The number of guanidine groups is 2. The average molecular weight is 571 g/mol. The summed E-state index contributed by atoms with van der Waals surface area (Å²) < 4.78 is 34.1. The number of hydrogen-bond donors (Lipinski definition) is 8. The molecular formula is C24H42N8O6S. The third-order valence-electron chi connectivity index (χ3n) is 4.95. The summed E-state index contributed by atoms with van der Waals surface area (Å²) >= 11 is 0. The van der Waals surface area contributed by atoms with Crippen LogP contribution in [0.2, 0.25) is 0 Å². The van der Waals surface area contributed by atoms with Gasteiger partial charge in [-0.1, -0.05) is 36.4 Å². The van der Waals surface area contributed by atoms with Crippen LogP contribution in [0.15, 0.2) is 60.7 Å². The molecule has 0 spiro atoms. The monoisotopic (exact) mass is 570 g/mol. The molecule has 0 aliphatic carbocycles. The fourth-order valence-corrected chi connectivity index (χ4v) is 3.22. The van der Waals surface area contributed by atoms with Gasteiger partial charge in [0.2, 0.25) is 0 Å². The van der Waals surface area contributed by atoms with Crippen molar-refractivity contribution in [1.29, 1.82) is 0 Å². The number of para-hydroxylation sites is 2. The van der Waals surface area contributed by atoms with E-state index >= 15 is 0 Å². The molecule has 0 bridgehead atoms. The Morgan fingerprint density at radius 3 is 1.26 bits per heavy atom. The van der Waals surface area contributed by atoms with Crippen molar-refractivity contribution >= 4 is 33.7 Å². The molecule has 0 saturated carbocycles. The molecule has 2 atom stereocenters. The molecule has 0 amide bonds. The Bertz CT molecular complexity index is 987. The average Bonchev–Trinajstić information content (AvgIpc) is 2.88. The first-order chi connectivity index (χ1) is 18.3. The quantitative estimate of drug-likeness (QED) is 0.0517. The van der Waals surface area contributed by atoms with E-state index in [1.807, 2.05) is 60.7 Å². The molecular weight excluding hydrogens is 528 g/mol. The molecule has 0 saturated heterocycles. The highest BCUT2D eigenvalue weighted by molar-refractivity contribution is 7.79. The number of aliphatic hydroxyl groups is 2.